The van der Waals surface area contributed by atoms with Crippen molar-refractivity contribution in [3.8, 4) is 0 Å². The summed E-state index contributed by atoms with van der Waals surface area (Å²) in [6.45, 7) is 4.33. The molecule has 3 aromatic heterocycles. The Morgan fingerprint density at radius 1 is 1.26 bits per heavy atom. The first kappa shape index (κ1) is 17.2. The topological polar surface area (TPSA) is 77.1 Å². The van der Waals surface area contributed by atoms with Gasteiger partial charge < -0.3 is 9.73 Å². The van der Waals surface area contributed by atoms with Crippen molar-refractivity contribution in [2.75, 3.05) is 5.32 Å². The second-order valence-electron chi connectivity index (χ2n) is 6.34. The van der Waals surface area contributed by atoms with Gasteiger partial charge in [0.15, 0.2) is 11.2 Å². The van der Waals surface area contributed by atoms with Gasteiger partial charge in [-0.05, 0) is 42.5 Å². The summed E-state index contributed by atoms with van der Waals surface area (Å²) < 4.78 is 7.44. The molecule has 7 heteroatoms. The fraction of sp³-hybridized carbons (Fsp3) is 0.150. The highest BCUT2D eigenvalue weighted by Gasteiger charge is 2.16. The molecule has 136 valence electrons. The Kier molecular flexibility index (Phi) is 4.37. The second kappa shape index (κ2) is 6.85. The van der Waals surface area contributed by atoms with Crippen LogP contribution < -0.4 is 10.7 Å². The number of fused-ring (bicyclic) bond motifs is 1. The highest BCUT2D eigenvalue weighted by molar-refractivity contribution is 7.09. The standard InChI is InChI=1S/C20H17N3O3S/c1-12-8-13(2)19-15(9-12)16(24)10-17(26-19)20(25)22-18-5-6-21-23(18)11-14-4-3-7-27-14/h3-10H,11H2,1-2H3,(H,22,25). The lowest BCUT2D eigenvalue weighted by Gasteiger charge is -2.09. The minimum absolute atomic E-state index is 0.0247. The van der Waals surface area contributed by atoms with Crippen molar-refractivity contribution in [1.82, 2.24) is 9.78 Å². The molecule has 4 aromatic rings. The zero-order valence-corrected chi connectivity index (χ0v) is 15.7. The molecule has 27 heavy (non-hydrogen) atoms. The molecule has 0 atom stereocenters. The van der Waals surface area contributed by atoms with Gasteiger partial charge in [0.05, 0.1) is 18.1 Å². The molecule has 3 heterocycles. The van der Waals surface area contributed by atoms with E-state index in [0.29, 0.717) is 23.3 Å². The number of rotatable bonds is 4. The summed E-state index contributed by atoms with van der Waals surface area (Å²) in [7, 11) is 0. The SMILES string of the molecule is Cc1cc(C)c2oc(C(=O)Nc3ccnn3Cc3cccs3)cc(=O)c2c1. The van der Waals surface area contributed by atoms with E-state index in [0.717, 1.165) is 16.0 Å². The molecule has 1 aromatic carbocycles. The van der Waals surface area contributed by atoms with Gasteiger partial charge in [0.2, 0.25) is 0 Å². The quantitative estimate of drug-likeness (QED) is 0.582. The molecule has 1 N–H and O–H groups in total. The van der Waals surface area contributed by atoms with Gasteiger partial charge in [-0.25, -0.2) is 4.68 Å². The normalized spacial score (nSPS) is 11.0. The number of nitrogens with one attached hydrogen (secondary N) is 1. The van der Waals surface area contributed by atoms with E-state index in [1.54, 1.807) is 34.3 Å². The van der Waals surface area contributed by atoms with Crippen molar-refractivity contribution < 1.29 is 9.21 Å². The summed E-state index contributed by atoms with van der Waals surface area (Å²) in [6.07, 6.45) is 1.62. The summed E-state index contributed by atoms with van der Waals surface area (Å²) in [6, 6.07) is 10.6. The number of nitrogens with zero attached hydrogens (tertiary/aromatic N) is 2. The Morgan fingerprint density at radius 2 is 2.11 bits per heavy atom. The monoisotopic (exact) mass is 379 g/mol. The molecule has 6 nitrogen and oxygen atoms in total. The molecular formula is C20H17N3O3S. The molecule has 0 saturated carbocycles. The number of anilines is 1. The summed E-state index contributed by atoms with van der Waals surface area (Å²) in [5, 5.41) is 9.49. The first-order chi connectivity index (χ1) is 13.0. The molecule has 0 aliphatic heterocycles. The minimum atomic E-state index is -0.484. The van der Waals surface area contributed by atoms with Crippen LogP contribution in [0.4, 0.5) is 5.82 Å². The molecule has 0 unspecified atom stereocenters. The van der Waals surface area contributed by atoms with Crippen molar-refractivity contribution in [2.24, 2.45) is 0 Å². The lowest BCUT2D eigenvalue weighted by Crippen LogP contribution is -2.18. The first-order valence-electron chi connectivity index (χ1n) is 8.42. The van der Waals surface area contributed by atoms with E-state index >= 15 is 0 Å². The summed E-state index contributed by atoms with van der Waals surface area (Å²) in [4.78, 5) is 26.2. The van der Waals surface area contributed by atoms with Crippen LogP contribution >= 0.6 is 11.3 Å². The summed E-state index contributed by atoms with van der Waals surface area (Å²) in [5.41, 5.74) is 1.99. The van der Waals surface area contributed by atoms with E-state index in [2.05, 4.69) is 10.4 Å². The number of carbonyl (C=O) groups is 1. The lowest BCUT2D eigenvalue weighted by atomic mass is 10.1. The number of amides is 1. The Balaban J connectivity index is 1.65. The molecule has 0 spiro atoms. The highest BCUT2D eigenvalue weighted by atomic mass is 32.1. The Morgan fingerprint density at radius 3 is 2.89 bits per heavy atom. The van der Waals surface area contributed by atoms with Gasteiger partial charge in [-0.1, -0.05) is 12.1 Å². The van der Waals surface area contributed by atoms with Crippen molar-refractivity contribution in [1.29, 1.82) is 0 Å². The van der Waals surface area contributed by atoms with Crippen molar-refractivity contribution >= 4 is 34.0 Å². The molecule has 4 rings (SSSR count). The minimum Gasteiger partial charge on any atom is -0.450 e. The molecule has 0 aliphatic carbocycles. The van der Waals surface area contributed by atoms with E-state index in [9.17, 15) is 9.59 Å². The van der Waals surface area contributed by atoms with E-state index in [4.69, 9.17) is 4.42 Å². The van der Waals surface area contributed by atoms with Gasteiger partial charge >= 0.3 is 0 Å². The van der Waals surface area contributed by atoms with E-state index in [1.807, 2.05) is 37.4 Å². The van der Waals surface area contributed by atoms with Crippen LogP contribution in [-0.4, -0.2) is 15.7 Å². The zero-order valence-electron chi connectivity index (χ0n) is 14.9. The molecule has 0 radical (unpaired) electrons. The third kappa shape index (κ3) is 3.41. The number of thiophene rings is 1. The fourth-order valence-electron chi connectivity index (χ4n) is 3.01. The van der Waals surface area contributed by atoms with Gasteiger partial charge in [-0.15, -0.1) is 11.3 Å². The molecule has 0 saturated heterocycles. The van der Waals surface area contributed by atoms with Crippen LogP contribution in [0.25, 0.3) is 11.0 Å². The van der Waals surface area contributed by atoms with Gasteiger partial charge in [0, 0.05) is 17.0 Å². The highest BCUT2D eigenvalue weighted by Crippen LogP contribution is 2.20. The molecule has 0 aliphatic rings. The van der Waals surface area contributed by atoms with Gasteiger partial charge in [0.1, 0.15) is 11.4 Å². The Hall–Kier alpha value is -3.19. The number of hydrogen-bond acceptors (Lipinski definition) is 5. The van der Waals surface area contributed by atoms with Crippen LogP contribution in [0.1, 0.15) is 26.6 Å². The van der Waals surface area contributed by atoms with E-state index in [1.165, 1.54) is 6.07 Å². The molecule has 0 fully saturated rings. The average Bonchev–Trinajstić information content (AvgIpc) is 3.28. The second-order valence-corrected chi connectivity index (χ2v) is 7.37. The smallest absolute Gasteiger partial charge is 0.292 e. The Labute approximate surface area is 159 Å². The van der Waals surface area contributed by atoms with Gasteiger partial charge in [-0.3, -0.25) is 9.59 Å². The van der Waals surface area contributed by atoms with Gasteiger partial charge in [-0.2, -0.15) is 5.10 Å². The summed E-state index contributed by atoms with van der Waals surface area (Å²) >= 11 is 1.62. The first-order valence-corrected chi connectivity index (χ1v) is 9.30. The molecule has 1 amide bonds. The average molecular weight is 379 g/mol. The van der Waals surface area contributed by atoms with Crippen molar-refractivity contribution in [2.45, 2.75) is 20.4 Å². The van der Waals surface area contributed by atoms with E-state index < -0.39 is 5.91 Å². The number of hydrogen-bond donors (Lipinski definition) is 1. The number of aromatic nitrogens is 2. The van der Waals surface area contributed by atoms with Crippen LogP contribution in [0, 0.1) is 13.8 Å². The van der Waals surface area contributed by atoms with Crippen molar-refractivity contribution in [3.05, 3.63) is 80.0 Å². The molecule has 0 bridgehead atoms. The Bertz CT molecular complexity index is 1190. The lowest BCUT2D eigenvalue weighted by molar-refractivity contribution is 0.0996. The number of carbonyl (C=O) groups excluding carboxylic acids is 1. The van der Waals surface area contributed by atoms with E-state index in [-0.39, 0.29) is 11.2 Å². The maximum atomic E-state index is 12.7. The third-order valence-electron chi connectivity index (χ3n) is 4.23. The van der Waals surface area contributed by atoms with Crippen LogP contribution in [0.15, 0.2) is 57.2 Å². The predicted molar refractivity (Wildman–Crippen MR) is 106 cm³/mol. The predicted octanol–water partition coefficient (Wildman–Crippen LogP) is 3.97. The fourth-order valence-corrected chi connectivity index (χ4v) is 3.70. The van der Waals surface area contributed by atoms with Gasteiger partial charge in [0.25, 0.3) is 5.91 Å². The maximum absolute atomic E-state index is 12.7. The maximum Gasteiger partial charge on any atom is 0.292 e. The molecular weight excluding hydrogens is 362 g/mol. The summed E-state index contributed by atoms with van der Waals surface area (Å²) in [5.74, 6) is 0.0296. The zero-order chi connectivity index (χ0) is 19.0. The van der Waals surface area contributed by atoms with Crippen LogP contribution in [0.3, 0.4) is 0 Å². The van der Waals surface area contributed by atoms with Crippen LogP contribution in [-0.2, 0) is 6.54 Å². The van der Waals surface area contributed by atoms with Crippen molar-refractivity contribution in [3.63, 3.8) is 0 Å². The van der Waals surface area contributed by atoms with Crippen LogP contribution in [0.5, 0.6) is 0 Å². The largest absolute Gasteiger partial charge is 0.450 e. The van der Waals surface area contributed by atoms with Crippen LogP contribution in [0.2, 0.25) is 0 Å². The third-order valence-corrected chi connectivity index (χ3v) is 5.09. The number of aryl methyl sites for hydroxylation is 2. The number of benzene rings is 1.